The van der Waals surface area contributed by atoms with Gasteiger partial charge in [-0.15, -0.1) is 0 Å². The molecule has 0 fully saturated rings. The van der Waals surface area contributed by atoms with Crippen LogP contribution < -0.4 is 5.69 Å². The van der Waals surface area contributed by atoms with E-state index in [1.807, 2.05) is 61.6 Å². The van der Waals surface area contributed by atoms with Gasteiger partial charge >= 0.3 is 5.69 Å². The lowest BCUT2D eigenvalue weighted by Gasteiger charge is -2.21. The molecule has 0 spiro atoms. The van der Waals surface area contributed by atoms with Crippen molar-refractivity contribution in [3.63, 3.8) is 0 Å². The van der Waals surface area contributed by atoms with Crippen molar-refractivity contribution in [2.24, 2.45) is 5.92 Å². The number of H-pyrrole nitrogens is 1. The molecule has 4 aromatic rings. The summed E-state index contributed by atoms with van der Waals surface area (Å²) in [6.45, 7) is 0.427. The van der Waals surface area contributed by atoms with E-state index in [0.29, 0.717) is 28.8 Å². The number of benzene rings is 3. The van der Waals surface area contributed by atoms with Crippen molar-refractivity contribution in [2.75, 3.05) is 7.05 Å². The second-order valence-corrected chi connectivity index (χ2v) is 8.98. The van der Waals surface area contributed by atoms with Gasteiger partial charge in [-0.2, -0.15) is 4.98 Å². The van der Waals surface area contributed by atoms with Crippen molar-refractivity contribution < 1.29 is 4.79 Å². The molecule has 0 aliphatic heterocycles. The molecule has 1 amide bonds. The van der Waals surface area contributed by atoms with Crippen LogP contribution in [0.3, 0.4) is 0 Å². The van der Waals surface area contributed by atoms with E-state index < -0.39 is 5.69 Å². The Morgan fingerprint density at radius 1 is 1.00 bits per heavy atom. The highest BCUT2D eigenvalue weighted by Crippen LogP contribution is 2.30. The molecule has 7 heteroatoms. The average Bonchev–Trinajstić information content (AvgIpc) is 3.29. The predicted molar refractivity (Wildman–Crippen MR) is 132 cm³/mol. The van der Waals surface area contributed by atoms with Crippen LogP contribution in [0, 0.1) is 5.92 Å². The normalized spacial score (nSPS) is 13.0. The van der Waals surface area contributed by atoms with Gasteiger partial charge in [0.2, 0.25) is 5.91 Å². The molecule has 0 saturated heterocycles. The molecule has 6 nitrogen and oxygen atoms in total. The average molecular weight is 471 g/mol. The summed E-state index contributed by atoms with van der Waals surface area (Å²) in [5.74, 6) is 0.746. The lowest BCUT2D eigenvalue weighted by atomic mass is 10.0. The van der Waals surface area contributed by atoms with E-state index in [9.17, 15) is 9.59 Å². The van der Waals surface area contributed by atoms with Gasteiger partial charge in [0.15, 0.2) is 5.82 Å². The van der Waals surface area contributed by atoms with Gasteiger partial charge < -0.3 is 4.90 Å². The SMILES string of the molecule is CN(Cc1ccc(Cl)c(-c2nc(-c3ccccc3)nc(=O)[nH]2)c1)C(=O)C1Cc2ccccc2C1. The topological polar surface area (TPSA) is 79.0 Å². The molecule has 1 N–H and O–H groups in total. The Labute approximate surface area is 202 Å². The molecule has 1 aromatic heterocycles. The number of fused-ring (bicyclic) bond motifs is 1. The zero-order valence-electron chi connectivity index (χ0n) is 18.7. The first kappa shape index (κ1) is 22.0. The molecule has 1 heterocycles. The highest BCUT2D eigenvalue weighted by molar-refractivity contribution is 6.33. The summed E-state index contributed by atoms with van der Waals surface area (Å²) >= 11 is 6.47. The maximum atomic E-state index is 13.1. The molecular formula is C27H23ClN4O2. The van der Waals surface area contributed by atoms with Gasteiger partial charge in [0.1, 0.15) is 5.82 Å². The Morgan fingerprint density at radius 3 is 2.38 bits per heavy atom. The summed E-state index contributed by atoms with van der Waals surface area (Å²) in [6.07, 6.45) is 1.55. The molecular weight excluding hydrogens is 448 g/mol. The van der Waals surface area contributed by atoms with Gasteiger partial charge in [0, 0.05) is 30.6 Å². The first-order valence-electron chi connectivity index (χ1n) is 11.1. The first-order valence-corrected chi connectivity index (χ1v) is 11.5. The van der Waals surface area contributed by atoms with Crippen molar-refractivity contribution in [3.8, 4) is 22.8 Å². The van der Waals surface area contributed by atoms with E-state index in [2.05, 4.69) is 27.1 Å². The number of amides is 1. The van der Waals surface area contributed by atoms with Crippen LogP contribution in [0.1, 0.15) is 16.7 Å². The van der Waals surface area contributed by atoms with Gasteiger partial charge in [-0.05, 0) is 41.7 Å². The number of rotatable bonds is 5. The maximum Gasteiger partial charge on any atom is 0.348 e. The van der Waals surface area contributed by atoms with E-state index in [1.165, 1.54) is 11.1 Å². The molecule has 5 rings (SSSR count). The van der Waals surface area contributed by atoms with Crippen LogP contribution in [-0.2, 0) is 24.2 Å². The Hall–Kier alpha value is -3.77. The number of aromatic amines is 1. The number of nitrogens with one attached hydrogen (secondary N) is 1. The van der Waals surface area contributed by atoms with Crippen LogP contribution in [0.25, 0.3) is 22.8 Å². The molecule has 1 aliphatic rings. The third-order valence-corrected chi connectivity index (χ3v) is 6.49. The minimum Gasteiger partial charge on any atom is -0.341 e. The molecule has 0 bridgehead atoms. The van der Waals surface area contributed by atoms with E-state index in [-0.39, 0.29) is 11.8 Å². The monoisotopic (exact) mass is 470 g/mol. The Balaban J connectivity index is 1.38. The van der Waals surface area contributed by atoms with Gasteiger partial charge in [0.25, 0.3) is 0 Å². The lowest BCUT2D eigenvalue weighted by molar-refractivity contribution is -0.134. The van der Waals surface area contributed by atoms with Crippen LogP contribution in [0.15, 0.2) is 77.6 Å². The van der Waals surface area contributed by atoms with E-state index in [0.717, 1.165) is 24.0 Å². The lowest BCUT2D eigenvalue weighted by Crippen LogP contribution is -2.32. The summed E-state index contributed by atoms with van der Waals surface area (Å²) < 4.78 is 0. The number of carbonyl (C=O) groups excluding carboxylic acids is 1. The number of nitrogens with zero attached hydrogens (tertiary/aromatic N) is 3. The fraction of sp³-hybridized carbons (Fsp3) is 0.185. The molecule has 170 valence electrons. The summed E-state index contributed by atoms with van der Waals surface area (Å²) in [5.41, 5.74) is 4.23. The maximum absolute atomic E-state index is 13.1. The summed E-state index contributed by atoms with van der Waals surface area (Å²) in [7, 11) is 1.82. The smallest absolute Gasteiger partial charge is 0.341 e. The summed E-state index contributed by atoms with van der Waals surface area (Å²) in [6, 6.07) is 23.1. The van der Waals surface area contributed by atoms with Gasteiger partial charge in [-0.25, -0.2) is 9.78 Å². The van der Waals surface area contributed by atoms with E-state index in [4.69, 9.17) is 11.6 Å². The van der Waals surface area contributed by atoms with Crippen LogP contribution in [-0.4, -0.2) is 32.8 Å². The highest BCUT2D eigenvalue weighted by Gasteiger charge is 2.29. The van der Waals surface area contributed by atoms with Crippen molar-refractivity contribution in [3.05, 3.63) is 105 Å². The number of carbonyl (C=O) groups is 1. The molecule has 0 atom stereocenters. The van der Waals surface area contributed by atoms with Crippen molar-refractivity contribution >= 4 is 17.5 Å². The van der Waals surface area contributed by atoms with Crippen LogP contribution in [0.5, 0.6) is 0 Å². The van der Waals surface area contributed by atoms with E-state index in [1.54, 1.807) is 11.0 Å². The highest BCUT2D eigenvalue weighted by atomic mass is 35.5. The first-order chi connectivity index (χ1) is 16.5. The predicted octanol–water partition coefficient (Wildman–Crippen LogP) is 4.53. The standard InChI is InChI=1S/C27H23ClN4O2/c1-32(26(33)21-14-19-9-5-6-10-20(19)15-21)16-17-11-12-23(28)22(13-17)25-29-24(30-27(34)31-25)18-7-3-2-4-8-18/h2-13,21H,14-16H2,1H3,(H,29,30,31,34). The molecule has 0 unspecified atom stereocenters. The Bertz CT molecular complexity index is 1390. The Morgan fingerprint density at radius 2 is 1.68 bits per heavy atom. The number of halogens is 1. The van der Waals surface area contributed by atoms with Gasteiger partial charge in [-0.3, -0.25) is 9.78 Å². The zero-order valence-corrected chi connectivity index (χ0v) is 19.4. The van der Waals surface area contributed by atoms with Crippen molar-refractivity contribution in [1.29, 1.82) is 0 Å². The minimum absolute atomic E-state index is 0.0409. The second kappa shape index (κ2) is 9.23. The van der Waals surface area contributed by atoms with Crippen molar-refractivity contribution in [2.45, 2.75) is 19.4 Å². The van der Waals surface area contributed by atoms with Crippen molar-refractivity contribution in [1.82, 2.24) is 19.9 Å². The molecule has 0 saturated carbocycles. The number of hydrogen-bond acceptors (Lipinski definition) is 4. The molecule has 1 aliphatic carbocycles. The van der Waals surface area contributed by atoms with Gasteiger partial charge in [-0.1, -0.05) is 72.3 Å². The fourth-order valence-corrected chi connectivity index (χ4v) is 4.68. The third kappa shape index (κ3) is 4.50. The second-order valence-electron chi connectivity index (χ2n) is 8.57. The van der Waals surface area contributed by atoms with Gasteiger partial charge in [0.05, 0.1) is 5.02 Å². The quantitative estimate of drug-likeness (QED) is 0.465. The Kier molecular flexibility index (Phi) is 5.99. The largest absolute Gasteiger partial charge is 0.348 e. The third-order valence-electron chi connectivity index (χ3n) is 6.16. The number of aromatic nitrogens is 3. The van der Waals surface area contributed by atoms with Crippen LogP contribution >= 0.6 is 11.6 Å². The summed E-state index contributed by atoms with van der Waals surface area (Å²) in [4.78, 5) is 38.4. The van der Waals surface area contributed by atoms with Crippen LogP contribution in [0.2, 0.25) is 5.02 Å². The summed E-state index contributed by atoms with van der Waals surface area (Å²) in [5, 5.41) is 0.456. The zero-order chi connectivity index (χ0) is 23.7. The molecule has 34 heavy (non-hydrogen) atoms. The van der Waals surface area contributed by atoms with E-state index >= 15 is 0 Å². The minimum atomic E-state index is -0.501. The molecule has 0 radical (unpaired) electrons. The number of hydrogen-bond donors (Lipinski definition) is 1. The fourth-order valence-electron chi connectivity index (χ4n) is 4.48. The van der Waals surface area contributed by atoms with Crippen LogP contribution in [0.4, 0.5) is 0 Å². The molecule has 3 aromatic carbocycles.